The molecule has 3 atom stereocenters. The molecule has 2 aliphatic heterocycles. The molecule has 7 heteroatoms. The van der Waals surface area contributed by atoms with E-state index in [9.17, 15) is 13.2 Å². The predicted octanol–water partition coefficient (Wildman–Crippen LogP) is 4.04. The van der Waals surface area contributed by atoms with Crippen molar-refractivity contribution in [1.29, 1.82) is 0 Å². The number of benzene rings is 1. The highest BCUT2D eigenvalue weighted by Gasteiger charge is 2.44. The summed E-state index contributed by atoms with van der Waals surface area (Å²) in [7, 11) is -3.72. The van der Waals surface area contributed by atoms with Gasteiger partial charge in [-0.25, -0.2) is 8.42 Å². The molecule has 1 amide bonds. The number of hydrogen-bond acceptors (Lipinski definition) is 4. The lowest BCUT2D eigenvalue weighted by Crippen LogP contribution is -2.58. The number of likely N-dealkylation sites (tertiary alicyclic amines) is 1. The smallest absolute Gasteiger partial charge is 0.253 e. The minimum Gasteiger partial charge on any atom is -0.338 e. The van der Waals surface area contributed by atoms with E-state index in [-0.39, 0.29) is 18.5 Å². The van der Waals surface area contributed by atoms with Crippen molar-refractivity contribution in [1.82, 2.24) is 9.21 Å². The fourth-order valence-corrected chi connectivity index (χ4v) is 8.26. The molecule has 1 saturated carbocycles. The maximum atomic E-state index is 13.9. The monoisotopic (exact) mass is 444 g/mol. The molecule has 1 aromatic carbocycles. The van der Waals surface area contributed by atoms with Gasteiger partial charge in [0.05, 0.1) is 0 Å². The van der Waals surface area contributed by atoms with Crippen molar-refractivity contribution in [2.45, 2.75) is 67.8 Å². The molecule has 1 aromatic heterocycles. The topological polar surface area (TPSA) is 57.7 Å². The Balaban J connectivity index is 1.51. The highest BCUT2D eigenvalue weighted by Crippen LogP contribution is 2.38. The molecule has 2 aromatic rings. The SMILES string of the molecule is O=C(C1Cc2ccccc2CN1S(=O)(=O)c1cccs1)N1CCCC2CCCCC21. The third kappa shape index (κ3) is 3.51. The summed E-state index contributed by atoms with van der Waals surface area (Å²) in [6.45, 7) is 1.01. The summed E-state index contributed by atoms with van der Waals surface area (Å²) in [5, 5.41) is 1.78. The number of piperidine rings is 1. The highest BCUT2D eigenvalue weighted by atomic mass is 32.2. The fraction of sp³-hybridized carbons (Fsp3) is 0.522. The lowest BCUT2D eigenvalue weighted by atomic mass is 9.78. The Kier molecular flexibility index (Phi) is 5.45. The van der Waals surface area contributed by atoms with Crippen LogP contribution in [0.1, 0.15) is 49.7 Å². The molecule has 1 saturated heterocycles. The summed E-state index contributed by atoms with van der Waals surface area (Å²) in [4.78, 5) is 15.9. The third-order valence-electron chi connectivity index (χ3n) is 7.07. The average molecular weight is 445 g/mol. The molecule has 1 aliphatic carbocycles. The predicted molar refractivity (Wildman–Crippen MR) is 118 cm³/mol. The van der Waals surface area contributed by atoms with Crippen LogP contribution in [0.3, 0.4) is 0 Å². The summed E-state index contributed by atoms with van der Waals surface area (Å²) in [5.74, 6) is 0.580. The molecule has 0 radical (unpaired) electrons. The minimum absolute atomic E-state index is 0.00114. The highest BCUT2D eigenvalue weighted by molar-refractivity contribution is 7.91. The number of nitrogens with zero attached hydrogens (tertiary/aromatic N) is 2. The fourth-order valence-electron chi connectivity index (χ4n) is 5.58. The van der Waals surface area contributed by atoms with Crippen molar-refractivity contribution in [2.24, 2.45) is 5.92 Å². The molecule has 0 N–H and O–H groups in total. The van der Waals surface area contributed by atoms with Gasteiger partial charge in [-0.2, -0.15) is 4.31 Å². The summed E-state index contributed by atoms with van der Waals surface area (Å²) < 4.78 is 28.8. The summed E-state index contributed by atoms with van der Waals surface area (Å²) in [5.41, 5.74) is 2.08. The maximum absolute atomic E-state index is 13.9. The van der Waals surface area contributed by atoms with Crippen molar-refractivity contribution >= 4 is 27.3 Å². The summed E-state index contributed by atoms with van der Waals surface area (Å²) in [6, 6.07) is 10.9. The van der Waals surface area contributed by atoms with E-state index in [0.717, 1.165) is 36.9 Å². The molecule has 30 heavy (non-hydrogen) atoms. The Morgan fingerprint density at radius 1 is 0.967 bits per heavy atom. The van der Waals surface area contributed by atoms with Crippen LogP contribution >= 0.6 is 11.3 Å². The van der Waals surface area contributed by atoms with Crippen LogP contribution in [-0.4, -0.2) is 42.2 Å². The van der Waals surface area contributed by atoms with Gasteiger partial charge >= 0.3 is 0 Å². The van der Waals surface area contributed by atoms with Crippen molar-refractivity contribution in [3.05, 3.63) is 52.9 Å². The van der Waals surface area contributed by atoms with E-state index in [4.69, 9.17) is 0 Å². The molecule has 0 bridgehead atoms. The summed E-state index contributed by atoms with van der Waals surface area (Å²) >= 11 is 1.22. The second-order valence-corrected chi connectivity index (χ2v) is 11.8. The van der Waals surface area contributed by atoms with Crippen molar-refractivity contribution < 1.29 is 13.2 Å². The number of fused-ring (bicyclic) bond motifs is 2. The molecule has 5 nitrogen and oxygen atoms in total. The Labute approximate surface area is 182 Å². The molecule has 3 aliphatic rings. The van der Waals surface area contributed by atoms with Crippen LogP contribution in [0.15, 0.2) is 46.0 Å². The van der Waals surface area contributed by atoms with Crippen LogP contribution in [0, 0.1) is 5.92 Å². The number of carbonyl (C=O) groups excluding carboxylic acids is 1. The Morgan fingerprint density at radius 2 is 1.73 bits per heavy atom. The zero-order valence-electron chi connectivity index (χ0n) is 17.1. The van der Waals surface area contributed by atoms with Gasteiger partial charge in [0.2, 0.25) is 5.91 Å². The number of carbonyl (C=O) groups is 1. The molecule has 0 spiro atoms. The number of amides is 1. The Bertz CT molecular complexity index is 1020. The lowest BCUT2D eigenvalue weighted by molar-refractivity contribution is -0.142. The Morgan fingerprint density at radius 3 is 2.53 bits per heavy atom. The van der Waals surface area contributed by atoms with Gasteiger partial charge in [-0.05, 0) is 60.6 Å². The normalized spacial score (nSPS) is 27.3. The molecular formula is C23H28N2O3S2. The second-order valence-electron chi connectivity index (χ2n) is 8.76. The largest absolute Gasteiger partial charge is 0.338 e. The van der Waals surface area contributed by atoms with E-state index >= 15 is 0 Å². The standard InChI is InChI=1S/C23H28N2O3S2/c26-23(24-13-5-10-17-7-3-4-11-20(17)24)21-15-18-8-1-2-9-19(18)16-25(21)30(27,28)22-12-6-14-29-22/h1-2,6,8-9,12,14,17,20-21H,3-5,7,10-11,13,15-16H2. The molecule has 160 valence electrons. The first-order valence-electron chi connectivity index (χ1n) is 11.0. The van der Waals surface area contributed by atoms with Gasteiger partial charge in [-0.3, -0.25) is 4.79 Å². The zero-order valence-corrected chi connectivity index (χ0v) is 18.7. The van der Waals surface area contributed by atoms with Gasteiger partial charge in [0.15, 0.2) is 0 Å². The lowest BCUT2D eigenvalue weighted by Gasteiger charge is -2.46. The molecule has 3 heterocycles. The van der Waals surface area contributed by atoms with Gasteiger partial charge in [0.25, 0.3) is 10.0 Å². The molecular weight excluding hydrogens is 416 g/mol. The van der Waals surface area contributed by atoms with Gasteiger partial charge in [0.1, 0.15) is 10.3 Å². The van der Waals surface area contributed by atoms with E-state index < -0.39 is 16.1 Å². The number of sulfonamides is 1. The number of rotatable bonds is 3. The average Bonchev–Trinajstić information content (AvgIpc) is 3.33. The van der Waals surface area contributed by atoms with Crippen LogP contribution < -0.4 is 0 Å². The van der Waals surface area contributed by atoms with Crippen LogP contribution in [0.4, 0.5) is 0 Å². The van der Waals surface area contributed by atoms with Crippen molar-refractivity contribution in [2.75, 3.05) is 6.54 Å². The van der Waals surface area contributed by atoms with Crippen LogP contribution in [0.25, 0.3) is 0 Å². The first-order chi connectivity index (χ1) is 14.6. The van der Waals surface area contributed by atoms with E-state index in [1.54, 1.807) is 17.5 Å². The van der Waals surface area contributed by atoms with E-state index in [0.29, 0.717) is 16.5 Å². The van der Waals surface area contributed by atoms with Crippen molar-refractivity contribution in [3.63, 3.8) is 0 Å². The van der Waals surface area contributed by atoms with Crippen LogP contribution in [0.2, 0.25) is 0 Å². The van der Waals surface area contributed by atoms with Crippen LogP contribution in [-0.2, 0) is 27.8 Å². The molecule has 3 unspecified atom stereocenters. The number of hydrogen-bond donors (Lipinski definition) is 0. The zero-order chi connectivity index (χ0) is 20.7. The molecule has 5 rings (SSSR count). The Hall–Kier alpha value is -1.70. The van der Waals surface area contributed by atoms with E-state index in [2.05, 4.69) is 0 Å². The van der Waals surface area contributed by atoms with Gasteiger partial charge in [-0.1, -0.05) is 43.2 Å². The van der Waals surface area contributed by atoms with Gasteiger partial charge < -0.3 is 4.90 Å². The third-order valence-corrected chi connectivity index (χ3v) is 10.3. The quantitative estimate of drug-likeness (QED) is 0.718. The van der Waals surface area contributed by atoms with Gasteiger partial charge in [-0.15, -0.1) is 11.3 Å². The van der Waals surface area contributed by atoms with E-state index in [1.165, 1.54) is 34.9 Å². The number of thiophene rings is 1. The minimum atomic E-state index is -3.72. The first kappa shape index (κ1) is 20.2. The maximum Gasteiger partial charge on any atom is 0.253 e. The summed E-state index contributed by atoms with van der Waals surface area (Å²) in [6.07, 6.45) is 7.33. The van der Waals surface area contributed by atoms with Gasteiger partial charge in [0, 0.05) is 19.1 Å². The van der Waals surface area contributed by atoms with Crippen molar-refractivity contribution in [3.8, 4) is 0 Å². The first-order valence-corrected chi connectivity index (χ1v) is 13.3. The van der Waals surface area contributed by atoms with E-state index in [1.807, 2.05) is 29.2 Å². The molecule has 2 fully saturated rings. The second kappa shape index (κ2) is 8.09. The van der Waals surface area contributed by atoms with Crippen LogP contribution in [0.5, 0.6) is 0 Å².